The van der Waals surface area contributed by atoms with Crippen LogP contribution in [0.25, 0.3) is 16.6 Å². The SMILES string of the molecule is Cc1ccc(C)n1-c1ccc(OCc2ccc(C(=O)N/N=C/c3cn(Cc4ccc([N+](=O)[O-])cc4)c4ccccc34)o2)cc1. The standard InChI is InChI=1S/C34H29N5O5/c1-23-7-8-24(2)38(23)27-13-15-29(16-14-27)43-22-30-17-18-33(44-30)34(40)36-35-19-26-21-37(32-6-4-3-5-31(26)32)20-25-9-11-28(12-10-25)39(41)42/h3-19,21H,20,22H2,1-2H3,(H,36,40)/b35-19+. The molecule has 0 unspecified atom stereocenters. The van der Waals surface area contributed by atoms with Gasteiger partial charge in [-0.25, -0.2) is 5.43 Å². The van der Waals surface area contributed by atoms with Gasteiger partial charge in [0.25, 0.3) is 5.69 Å². The van der Waals surface area contributed by atoms with Crippen molar-refractivity contribution in [3.8, 4) is 11.4 Å². The van der Waals surface area contributed by atoms with Crippen LogP contribution in [-0.2, 0) is 13.2 Å². The van der Waals surface area contributed by atoms with Crippen LogP contribution in [0.5, 0.6) is 5.75 Å². The number of nitro benzene ring substituents is 1. The lowest BCUT2D eigenvalue weighted by Crippen LogP contribution is -2.16. The summed E-state index contributed by atoms with van der Waals surface area (Å²) >= 11 is 0. The van der Waals surface area contributed by atoms with Gasteiger partial charge >= 0.3 is 5.91 Å². The van der Waals surface area contributed by atoms with Gasteiger partial charge in [0, 0.05) is 58.4 Å². The third kappa shape index (κ3) is 6.00. The molecule has 44 heavy (non-hydrogen) atoms. The summed E-state index contributed by atoms with van der Waals surface area (Å²) in [6.07, 6.45) is 3.51. The number of nitro groups is 1. The quantitative estimate of drug-likeness (QED) is 0.106. The highest BCUT2D eigenvalue weighted by Crippen LogP contribution is 2.23. The third-order valence-corrected chi connectivity index (χ3v) is 7.32. The second-order valence-corrected chi connectivity index (χ2v) is 10.4. The monoisotopic (exact) mass is 587 g/mol. The molecule has 6 aromatic rings. The molecular weight excluding hydrogens is 558 g/mol. The molecular formula is C34H29N5O5. The number of ether oxygens (including phenoxy) is 1. The molecule has 0 aliphatic rings. The van der Waals surface area contributed by atoms with Crippen LogP contribution in [-0.4, -0.2) is 26.2 Å². The van der Waals surface area contributed by atoms with E-state index in [4.69, 9.17) is 9.15 Å². The van der Waals surface area contributed by atoms with Crippen molar-refractivity contribution in [1.82, 2.24) is 14.6 Å². The van der Waals surface area contributed by atoms with Crippen molar-refractivity contribution in [3.63, 3.8) is 0 Å². The average molecular weight is 588 g/mol. The summed E-state index contributed by atoms with van der Waals surface area (Å²) in [5.41, 5.74) is 8.66. The first-order valence-electron chi connectivity index (χ1n) is 14.0. The number of aromatic nitrogens is 2. The maximum absolute atomic E-state index is 12.7. The zero-order chi connectivity index (χ0) is 30.6. The van der Waals surface area contributed by atoms with Crippen LogP contribution in [0, 0.1) is 24.0 Å². The molecule has 3 aromatic carbocycles. The highest BCUT2D eigenvalue weighted by molar-refractivity contribution is 6.00. The Morgan fingerprint density at radius 2 is 1.68 bits per heavy atom. The summed E-state index contributed by atoms with van der Waals surface area (Å²) in [6, 6.07) is 29.6. The first-order valence-corrected chi connectivity index (χ1v) is 14.0. The van der Waals surface area contributed by atoms with E-state index >= 15 is 0 Å². The van der Waals surface area contributed by atoms with Gasteiger partial charge in [-0.2, -0.15) is 5.10 Å². The third-order valence-electron chi connectivity index (χ3n) is 7.32. The molecule has 0 aliphatic heterocycles. The number of carbonyl (C=O) groups excluding carboxylic acids is 1. The van der Waals surface area contributed by atoms with Crippen molar-refractivity contribution in [3.05, 3.63) is 147 Å². The first kappa shape index (κ1) is 28.2. The number of carbonyl (C=O) groups is 1. The molecule has 0 spiro atoms. The summed E-state index contributed by atoms with van der Waals surface area (Å²) in [6.45, 7) is 4.83. The predicted molar refractivity (Wildman–Crippen MR) is 167 cm³/mol. The van der Waals surface area contributed by atoms with Gasteiger partial charge in [0.1, 0.15) is 18.1 Å². The van der Waals surface area contributed by atoms with Gasteiger partial charge in [-0.05, 0) is 74.0 Å². The van der Waals surface area contributed by atoms with Gasteiger partial charge in [0.15, 0.2) is 5.76 Å². The fourth-order valence-corrected chi connectivity index (χ4v) is 5.14. The Hall–Kier alpha value is -5.90. The topological polar surface area (TPSA) is 117 Å². The number of hydrogen-bond acceptors (Lipinski definition) is 6. The molecule has 1 N–H and O–H groups in total. The summed E-state index contributed by atoms with van der Waals surface area (Å²) < 4.78 is 15.8. The lowest BCUT2D eigenvalue weighted by molar-refractivity contribution is -0.384. The Morgan fingerprint density at radius 1 is 0.955 bits per heavy atom. The Balaban J connectivity index is 1.07. The Kier molecular flexibility index (Phi) is 7.79. The highest BCUT2D eigenvalue weighted by Gasteiger charge is 2.13. The molecule has 1 amide bonds. The number of nitrogens with zero attached hydrogens (tertiary/aromatic N) is 4. The molecule has 3 heterocycles. The fraction of sp³-hybridized carbons (Fsp3) is 0.118. The first-order chi connectivity index (χ1) is 21.4. The van der Waals surface area contributed by atoms with Crippen molar-refractivity contribution in [2.24, 2.45) is 5.10 Å². The second kappa shape index (κ2) is 12.1. The normalized spacial score (nSPS) is 11.3. The van der Waals surface area contributed by atoms with Gasteiger partial charge < -0.3 is 18.3 Å². The minimum absolute atomic E-state index is 0.0506. The highest BCUT2D eigenvalue weighted by atomic mass is 16.6. The zero-order valence-corrected chi connectivity index (χ0v) is 24.1. The summed E-state index contributed by atoms with van der Waals surface area (Å²) in [5.74, 6) is 0.838. The van der Waals surface area contributed by atoms with Crippen molar-refractivity contribution < 1.29 is 18.9 Å². The molecule has 220 valence electrons. The number of non-ortho nitro benzene ring substituents is 1. The van der Waals surface area contributed by atoms with E-state index in [1.54, 1.807) is 30.5 Å². The van der Waals surface area contributed by atoms with Crippen LogP contribution in [0.3, 0.4) is 0 Å². The lowest BCUT2D eigenvalue weighted by Gasteiger charge is -2.10. The summed E-state index contributed by atoms with van der Waals surface area (Å²) in [7, 11) is 0. The minimum Gasteiger partial charge on any atom is -0.486 e. The molecule has 10 nitrogen and oxygen atoms in total. The number of rotatable bonds is 10. The molecule has 3 aromatic heterocycles. The Bertz CT molecular complexity index is 1960. The Labute approximate surface area is 253 Å². The molecule has 0 fully saturated rings. The number of nitrogens with one attached hydrogen (secondary N) is 1. The van der Waals surface area contributed by atoms with E-state index in [2.05, 4.69) is 41.1 Å². The number of hydrogen-bond donors (Lipinski definition) is 1. The largest absolute Gasteiger partial charge is 0.486 e. The van der Waals surface area contributed by atoms with Crippen molar-refractivity contribution in [1.29, 1.82) is 0 Å². The lowest BCUT2D eigenvalue weighted by atomic mass is 10.2. The molecule has 6 rings (SSSR count). The number of benzene rings is 3. The number of furan rings is 1. The van der Waals surface area contributed by atoms with E-state index in [9.17, 15) is 14.9 Å². The van der Waals surface area contributed by atoms with Gasteiger partial charge in [0.05, 0.1) is 11.1 Å². The molecule has 0 bridgehead atoms. The van der Waals surface area contributed by atoms with E-state index in [0.29, 0.717) is 18.1 Å². The van der Waals surface area contributed by atoms with Crippen LogP contribution in [0.1, 0.15) is 38.8 Å². The van der Waals surface area contributed by atoms with E-state index in [0.717, 1.165) is 39.1 Å². The second-order valence-electron chi connectivity index (χ2n) is 10.4. The molecule has 0 atom stereocenters. The van der Waals surface area contributed by atoms with Crippen LogP contribution in [0.4, 0.5) is 5.69 Å². The minimum atomic E-state index is -0.482. The van der Waals surface area contributed by atoms with Crippen LogP contribution < -0.4 is 10.2 Å². The number of hydrazone groups is 1. The number of amides is 1. The van der Waals surface area contributed by atoms with Gasteiger partial charge in [0.2, 0.25) is 0 Å². The number of fused-ring (bicyclic) bond motifs is 1. The van der Waals surface area contributed by atoms with Crippen LogP contribution in [0.2, 0.25) is 0 Å². The van der Waals surface area contributed by atoms with E-state index in [-0.39, 0.29) is 18.1 Å². The summed E-state index contributed by atoms with van der Waals surface area (Å²) in [5, 5.41) is 16.1. The average Bonchev–Trinajstić information content (AvgIpc) is 3.74. The van der Waals surface area contributed by atoms with E-state index in [1.165, 1.54) is 12.1 Å². The van der Waals surface area contributed by atoms with Crippen molar-refractivity contribution >= 4 is 28.7 Å². The molecule has 0 saturated carbocycles. The Morgan fingerprint density at radius 3 is 2.41 bits per heavy atom. The predicted octanol–water partition coefficient (Wildman–Crippen LogP) is 6.94. The smallest absolute Gasteiger partial charge is 0.307 e. The van der Waals surface area contributed by atoms with Crippen LogP contribution in [0.15, 0.2) is 113 Å². The van der Waals surface area contributed by atoms with Crippen LogP contribution >= 0.6 is 0 Å². The molecule has 0 saturated heterocycles. The molecule has 0 aliphatic carbocycles. The maximum Gasteiger partial charge on any atom is 0.307 e. The van der Waals surface area contributed by atoms with Gasteiger partial charge in [-0.1, -0.05) is 30.3 Å². The molecule has 0 radical (unpaired) electrons. The molecule has 10 heteroatoms. The maximum atomic E-state index is 12.7. The fourth-order valence-electron chi connectivity index (χ4n) is 5.14. The van der Waals surface area contributed by atoms with Crippen molar-refractivity contribution in [2.75, 3.05) is 0 Å². The van der Waals surface area contributed by atoms with E-state index in [1.807, 2.05) is 59.3 Å². The van der Waals surface area contributed by atoms with E-state index < -0.39 is 10.8 Å². The summed E-state index contributed by atoms with van der Waals surface area (Å²) in [4.78, 5) is 23.3. The number of aryl methyl sites for hydroxylation is 2. The number of para-hydroxylation sites is 1. The van der Waals surface area contributed by atoms with Gasteiger partial charge in [-0.15, -0.1) is 0 Å². The van der Waals surface area contributed by atoms with Crippen molar-refractivity contribution in [2.45, 2.75) is 27.0 Å². The van der Waals surface area contributed by atoms with Gasteiger partial charge in [-0.3, -0.25) is 14.9 Å². The zero-order valence-electron chi connectivity index (χ0n) is 24.1.